The molecule has 0 aliphatic heterocycles. The van der Waals surface area contributed by atoms with E-state index in [1.54, 1.807) is 18.9 Å². The molecular formula is C18H27NO2S. The van der Waals surface area contributed by atoms with E-state index in [2.05, 4.69) is 12.1 Å². The Balaban J connectivity index is 1.67. The number of ether oxygens (including phenoxy) is 1. The number of amides is 1. The number of hydrogen-bond acceptors (Lipinski definition) is 3. The molecule has 1 saturated carbocycles. The maximum atomic E-state index is 12.2. The molecule has 1 aromatic rings. The predicted molar refractivity (Wildman–Crippen MR) is 92.5 cm³/mol. The first-order valence-corrected chi connectivity index (χ1v) is 9.18. The van der Waals surface area contributed by atoms with E-state index >= 15 is 0 Å². The molecule has 0 bridgehead atoms. The summed E-state index contributed by atoms with van der Waals surface area (Å²) in [5, 5.41) is 0. The molecule has 1 aromatic carbocycles. The molecule has 122 valence electrons. The molecule has 0 saturated heterocycles. The minimum atomic E-state index is 0.308. The van der Waals surface area contributed by atoms with Gasteiger partial charge in [-0.15, -0.1) is 11.8 Å². The smallest absolute Gasteiger partial charge is 0.222 e. The number of rotatable bonds is 7. The van der Waals surface area contributed by atoms with Crippen LogP contribution in [-0.4, -0.2) is 37.3 Å². The van der Waals surface area contributed by atoms with Gasteiger partial charge in [0.15, 0.2) is 0 Å². The Morgan fingerprint density at radius 3 is 2.55 bits per heavy atom. The van der Waals surface area contributed by atoms with E-state index in [-0.39, 0.29) is 0 Å². The van der Waals surface area contributed by atoms with E-state index < -0.39 is 0 Å². The third-order valence-corrected chi connectivity index (χ3v) is 5.36. The molecule has 1 fully saturated rings. The molecule has 2 rings (SSSR count). The standard InChI is InChI=1S/C18H27NO2S/c1-19(18(20)14-15-6-4-3-5-7-15)12-13-22-17-10-8-16(21-2)9-11-17/h8-11,15H,3-7,12-14H2,1-2H3. The van der Waals surface area contributed by atoms with Crippen LogP contribution in [0.15, 0.2) is 29.2 Å². The SMILES string of the molecule is COc1ccc(SCCN(C)C(=O)CC2CCCCC2)cc1. The molecule has 22 heavy (non-hydrogen) atoms. The van der Waals surface area contributed by atoms with Crippen LogP contribution in [0.2, 0.25) is 0 Å². The maximum absolute atomic E-state index is 12.2. The summed E-state index contributed by atoms with van der Waals surface area (Å²) >= 11 is 1.78. The fraction of sp³-hybridized carbons (Fsp3) is 0.611. The van der Waals surface area contributed by atoms with Crippen LogP contribution in [0.1, 0.15) is 38.5 Å². The van der Waals surface area contributed by atoms with Crippen molar-refractivity contribution < 1.29 is 9.53 Å². The Labute approximate surface area is 138 Å². The summed E-state index contributed by atoms with van der Waals surface area (Å²) in [6.07, 6.45) is 7.16. The highest BCUT2D eigenvalue weighted by atomic mass is 32.2. The normalized spacial score (nSPS) is 15.5. The van der Waals surface area contributed by atoms with Crippen LogP contribution in [0.4, 0.5) is 0 Å². The zero-order chi connectivity index (χ0) is 15.8. The van der Waals surface area contributed by atoms with Gasteiger partial charge in [0.05, 0.1) is 7.11 Å². The van der Waals surface area contributed by atoms with Crippen molar-refractivity contribution in [2.45, 2.75) is 43.4 Å². The number of nitrogens with zero attached hydrogens (tertiary/aromatic N) is 1. The molecule has 1 aliphatic carbocycles. The molecule has 1 amide bonds. The molecule has 0 spiro atoms. The fourth-order valence-electron chi connectivity index (χ4n) is 2.89. The van der Waals surface area contributed by atoms with E-state index in [1.165, 1.54) is 37.0 Å². The highest BCUT2D eigenvalue weighted by molar-refractivity contribution is 7.99. The van der Waals surface area contributed by atoms with Crippen LogP contribution >= 0.6 is 11.8 Å². The van der Waals surface area contributed by atoms with Crippen molar-refractivity contribution in [2.24, 2.45) is 5.92 Å². The van der Waals surface area contributed by atoms with E-state index in [1.807, 2.05) is 24.1 Å². The maximum Gasteiger partial charge on any atom is 0.222 e. The first-order chi connectivity index (χ1) is 10.7. The van der Waals surface area contributed by atoms with Crippen LogP contribution in [0.25, 0.3) is 0 Å². The Morgan fingerprint density at radius 1 is 1.23 bits per heavy atom. The third-order valence-electron chi connectivity index (χ3n) is 4.37. The van der Waals surface area contributed by atoms with Crippen LogP contribution in [0.5, 0.6) is 5.75 Å². The van der Waals surface area contributed by atoms with Gasteiger partial charge in [0.1, 0.15) is 5.75 Å². The molecule has 0 radical (unpaired) electrons. The summed E-state index contributed by atoms with van der Waals surface area (Å²) in [5.74, 6) is 2.74. The van der Waals surface area contributed by atoms with Crippen molar-refractivity contribution in [3.05, 3.63) is 24.3 Å². The Hall–Kier alpha value is -1.16. The largest absolute Gasteiger partial charge is 0.497 e. The van der Waals surface area contributed by atoms with Gasteiger partial charge in [0, 0.05) is 30.7 Å². The lowest BCUT2D eigenvalue weighted by Crippen LogP contribution is -2.30. The van der Waals surface area contributed by atoms with E-state index in [0.29, 0.717) is 11.8 Å². The lowest BCUT2D eigenvalue weighted by molar-refractivity contribution is -0.130. The van der Waals surface area contributed by atoms with Gasteiger partial charge < -0.3 is 9.64 Å². The number of thioether (sulfide) groups is 1. The molecule has 0 heterocycles. The summed E-state index contributed by atoms with van der Waals surface area (Å²) in [7, 11) is 3.61. The summed E-state index contributed by atoms with van der Waals surface area (Å²) in [6.45, 7) is 0.808. The highest BCUT2D eigenvalue weighted by Gasteiger charge is 2.19. The van der Waals surface area contributed by atoms with E-state index in [9.17, 15) is 4.79 Å². The zero-order valence-electron chi connectivity index (χ0n) is 13.7. The minimum Gasteiger partial charge on any atom is -0.497 e. The van der Waals surface area contributed by atoms with Crippen molar-refractivity contribution >= 4 is 17.7 Å². The van der Waals surface area contributed by atoms with Crippen molar-refractivity contribution in [1.82, 2.24) is 4.90 Å². The van der Waals surface area contributed by atoms with Gasteiger partial charge in [-0.2, -0.15) is 0 Å². The van der Waals surface area contributed by atoms with Gasteiger partial charge >= 0.3 is 0 Å². The quantitative estimate of drug-likeness (QED) is 0.704. The van der Waals surface area contributed by atoms with E-state index in [0.717, 1.165) is 24.5 Å². The number of benzene rings is 1. The highest BCUT2D eigenvalue weighted by Crippen LogP contribution is 2.27. The minimum absolute atomic E-state index is 0.308. The number of carbonyl (C=O) groups excluding carboxylic acids is 1. The predicted octanol–water partition coefficient (Wildman–Crippen LogP) is 4.22. The molecule has 3 nitrogen and oxygen atoms in total. The summed E-state index contributed by atoms with van der Waals surface area (Å²) in [6, 6.07) is 8.07. The number of methoxy groups -OCH3 is 1. The Kier molecular flexibility index (Phi) is 7.10. The van der Waals surface area contributed by atoms with Crippen LogP contribution in [0.3, 0.4) is 0 Å². The van der Waals surface area contributed by atoms with Crippen molar-refractivity contribution in [1.29, 1.82) is 0 Å². The first kappa shape index (κ1) is 17.2. The zero-order valence-corrected chi connectivity index (χ0v) is 14.5. The molecule has 0 atom stereocenters. The lowest BCUT2D eigenvalue weighted by Gasteiger charge is -2.24. The van der Waals surface area contributed by atoms with Gasteiger partial charge in [-0.3, -0.25) is 4.79 Å². The molecule has 0 N–H and O–H groups in total. The number of carbonyl (C=O) groups is 1. The van der Waals surface area contributed by atoms with Crippen molar-refractivity contribution in [2.75, 3.05) is 26.5 Å². The summed E-state index contributed by atoms with van der Waals surface area (Å²) in [4.78, 5) is 15.3. The average Bonchev–Trinajstić information content (AvgIpc) is 2.56. The van der Waals surface area contributed by atoms with Crippen LogP contribution < -0.4 is 4.74 Å². The molecule has 0 unspecified atom stereocenters. The second-order valence-corrected chi connectivity index (χ2v) is 7.22. The Morgan fingerprint density at radius 2 is 1.91 bits per heavy atom. The van der Waals surface area contributed by atoms with Gasteiger partial charge in [0.25, 0.3) is 0 Å². The second kappa shape index (κ2) is 9.09. The first-order valence-electron chi connectivity index (χ1n) is 8.20. The molecular weight excluding hydrogens is 294 g/mol. The van der Waals surface area contributed by atoms with Crippen LogP contribution in [0, 0.1) is 5.92 Å². The molecule has 4 heteroatoms. The molecule has 1 aliphatic rings. The second-order valence-electron chi connectivity index (χ2n) is 6.05. The topological polar surface area (TPSA) is 29.5 Å². The van der Waals surface area contributed by atoms with Crippen molar-refractivity contribution in [3.63, 3.8) is 0 Å². The van der Waals surface area contributed by atoms with Crippen LogP contribution in [-0.2, 0) is 4.79 Å². The molecule has 0 aromatic heterocycles. The van der Waals surface area contributed by atoms with Gasteiger partial charge in [-0.25, -0.2) is 0 Å². The fourth-order valence-corrected chi connectivity index (χ4v) is 3.82. The van der Waals surface area contributed by atoms with Crippen molar-refractivity contribution in [3.8, 4) is 5.75 Å². The summed E-state index contributed by atoms with van der Waals surface area (Å²) < 4.78 is 5.15. The lowest BCUT2D eigenvalue weighted by atomic mass is 9.87. The number of hydrogen-bond donors (Lipinski definition) is 0. The average molecular weight is 321 g/mol. The van der Waals surface area contributed by atoms with Gasteiger partial charge in [-0.05, 0) is 43.0 Å². The summed E-state index contributed by atoms with van der Waals surface area (Å²) in [5.41, 5.74) is 0. The Bertz CT molecular complexity index is 455. The van der Waals surface area contributed by atoms with E-state index in [4.69, 9.17) is 4.74 Å². The van der Waals surface area contributed by atoms with Gasteiger partial charge in [-0.1, -0.05) is 19.3 Å². The third kappa shape index (κ3) is 5.56. The monoisotopic (exact) mass is 321 g/mol. The van der Waals surface area contributed by atoms with Gasteiger partial charge in [0.2, 0.25) is 5.91 Å².